The van der Waals surface area contributed by atoms with E-state index in [9.17, 15) is 12.8 Å². The van der Waals surface area contributed by atoms with Gasteiger partial charge in [0.05, 0.1) is 10.9 Å². The van der Waals surface area contributed by atoms with Crippen molar-refractivity contribution < 1.29 is 12.8 Å². The highest BCUT2D eigenvalue weighted by molar-refractivity contribution is 7.89. The minimum Gasteiger partial charge on any atom is -0.378 e. The first-order chi connectivity index (χ1) is 9.95. The van der Waals surface area contributed by atoms with Crippen molar-refractivity contribution in [2.24, 2.45) is 5.14 Å². The van der Waals surface area contributed by atoms with Gasteiger partial charge in [-0.3, -0.25) is 0 Å². The predicted octanol–water partition coefficient (Wildman–Crippen LogP) is 2.57. The van der Waals surface area contributed by atoms with E-state index in [4.69, 9.17) is 5.14 Å². The van der Waals surface area contributed by atoms with Gasteiger partial charge >= 0.3 is 0 Å². The summed E-state index contributed by atoms with van der Waals surface area (Å²) in [5, 5.41) is 8.38. The molecule has 0 saturated carbocycles. The Morgan fingerprint density at radius 3 is 2.71 bits per heavy atom. The van der Waals surface area contributed by atoms with E-state index in [0.29, 0.717) is 12.1 Å². The molecule has 0 saturated heterocycles. The molecule has 21 heavy (non-hydrogen) atoms. The van der Waals surface area contributed by atoms with Crippen LogP contribution in [0, 0.1) is 5.82 Å². The van der Waals surface area contributed by atoms with Gasteiger partial charge in [-0.2, -0.15) is 0 Å². The van der Waals surface area contributed by atoms with Crippen molar-refractivity contribution in [1.82, 2.24) is 0 Å². The molecule has 4 nitrogen and oxygen atoms in total. The van der Waals surface area contributed by atoms with E-state index in [1.807, 2.05) is 6.07 Å². The first kappa shape index (κ1) is 14.0. The van der Waals surface area contributed by atoms with Crippen molar-refractivity contribution in [3.63, 3.8) is 0 Å². The molecule has 6 heteroatoms. The molecule has 2 aromatic carbocycles. The van der Waals surface area contributed by atoms with Gasteiger partial charge in [0.15, 0.2) is 0 Å². The molecule has 110 valence electrons. The Labute approximate surface area is 122 Å². The van der Waals surface area contributed by atoms with Crippen LogP contribution in [0.15, 0.2) is 47.4 Å². The minimum atomic E-state index is -3.73. The lowest BCUT2D eigenvalue weighted by Crippen LogP contribution is -2.13. The number of rotatable bonds is 3. The van der Waals surface area contributed by atoms with E-state index in [1.54, 1.807) is 18.2 Å². The first-order valence-electron chi connectivity index (χ1n) is 6.62. The molecule has 1 aliphatic rings. The zero-order valence-electron chi connectivity index (χ0n) is 11.2. The molecule has 0 bridgehead atoms. The van der Waals surface area contributed by atoms with E-state index in [0.717, 1.165) is 17.5 Å². The SMILES string of the molecule is NS(=O)(=O)c1cccc(NC2CCc3c(F)cccc32)c1. The Morgan fingerprint density at radius 2 is 1.95 bits per heavy atom. The molecular formula is C15H15FN2O2S. The second-order valence-electron chi connectivity index (χ2n) is 5.12. The molecular weight excluding hydrogens is 291 g/mol. The third-order valence-corrected chi connectivity index (χ3v) is 4.63. The Bertz CT molecular complexity index is 790. The number of sulfonamides is 1. The van der Waals surface area contributed by atoms with Gasteiger partial charge in [-0.25, -0.2) is 17.9 Å². The fourth-order valence-corrected chi connectivity index (χ4v) is 3.28. The normalized spacial score (nSPS) is 17.5. The van der Waals surface area contributed by atoms with Crippen molar-refractivity contribution in [3.05, 3.63) is 59.4 Å². The van der Waals surface area contributed by atoms with Crippen LogP contribution >= 0.6 is 0 Å². The molecule has 0 aliphatic heterocycles. The molecule has 0 radical (unpaired) electrons. The number of nitrogens with one attached hydrogen (secondary N) is 1. The molecule has 0 spiro atoms. The topological polar surface area (TPSA) is 72.2 Å². The highest BCUT2D eigenvalue weighted by Crippen LogP contribution is 2.35. The van der Waals surface area contributed by atoms with Crippen molar-refractivity contribution in [1.29, 1.82) is 0 Å². The maximum atomic E-state index is 13.7. The van der Waals surface area contributed by atoms with Crippen LogP contribution in [-0.2, 0) is 16.4 Å². The van der Waals surface area contributed by atoms with Gasteiger partial charge in [-0.1, -0.05) is 18.2 Å². The number of benzene rings is 2. The third kappa shape index (κ3) is 2.77. The van der Waals surface area contributed by atoms with Crippen LogP contribution < -0.4 is 10.5 Å². The molecule has 3 N–H and O–H groups in total. The summed E-state index contributed by atoms with van der Waals surface area (Å²) in [4.78, 5) is 0.0602. The summed E-state index contributed by atoms with van der Waals surface area (Å²) < 4.78 is 36.4. The van der Waals surface area contributed by atoms with E-state index >= 15 is 0 Å². The standard InChI is InChI=1S/C15H15FN2O2S/c16-14-6-2-5-13-12(14)7-8-15(13)18-10-3-1-4-11(9-10)21(17,19)20/h1-6,9,15,18H,7-8H2,(H2,17,19,20). The maximum absolute atomic E-state index is 13.7. The lowest BCUT2D eigenvalue weighted by Gasteiger charge is -2.16. The monoisotopic (exact) mass is 306 g/mol. The lowest BCUT2D eigenvalue weighted by molar-refractivity contribution is 0.597. The number of nitrogens with two attached hydrogens (primary N) is 1. The number of anilines is 1. The van der Waals surface area contributed by atoms with Gasteiger partial charge in [0.2, 0.25) is 10.0 Å². The fraction of sp³-hybridized carbons (Fsp3) is 0.200. The average molecular weight is 306 g/mol. The molecule has 3 rings (SSSR count). The second-order valence-corrected chi connectivity index (χ2v) is 6.68. The third-order valence-electron chi connectivity index (χ3n) is 3.72. The average Bonchev–Trinajstić information content (AvgIpc) is 2.83. The Hall–Kier alpha value is -1.92. The van der Waals surface area contributed by atoms with Crippen molar-refractivity contribution >= 4 is 15.7 Å². The van der Waals surface area contributed by atoms with Gasteiger partial charge in [-0.15, -0.1) is 0 Å². The number of hydrogen-bond acceptors (Lipinski definition) is 3. The molecule has 1 aliphatic carbocycles. The molecule has 1 unspecified atom stereocenters. The Kier molecular flexibility index (Phi) is 3.43. The summed E-state index contributed by atoms with van der Waals surface area (Å²) >= 11 is 0. The van der Waals surface area contributed by atoms with E-state index in [2.05, 4.69) is 5.32 Å². The lowest BCUT2D eigenvalue weighted by atomic mass is 10.1. The van der Waals surface area contributed by atoms with Gasteiger partial charge < -0.3 is 5.32 Å². The van der Waals surface area contributed by atoms with Gasteiger partial charge in [0, 0.05) is 5.69 Å². The van der Waals surface area contributed by atoms with E-state index in [-0.39, 0.29) is 16.8 Å². The summed E-state index contributed by atoms with van der Waals surface area (Å²) in [7, 11) is -3.73. The van der Waals surface area contributed by atoms with Crippen LogP contribution in [0.2, 0.25) is 0 Å². The van der Waals surface area contributed by atoms with Gasteiger partial charge in [0.25, 0.3) is 0 Å². The zero-order chi connectivity index (χ0) is 15.0. The summed E-state index contributed by atoms with van der Waals surface area (Å²) in [5.74, 6) is -0.185. The quantitative estimate of drug-likeness (QED) is 0.915. The van der Waals surface area contributed by atoms with Crippen LogP contribution in [0.5, 0.6) is 0 Å². The fourth-order valence-electron chi connectivity index (χ4n) is 2.72. The highest BCUT2D eigenvalue weighted by Gasteiger charge is 2.24. The molecule has 2 aromatic rings. The Morgan fingerprint density at radius 1 is 1.19 bits per heavy atom. The number of fused-ring (bicyclic) bond motifs is 1. The van der Waals surface area contributed by atoms with E-state index in [1.165, 1.54) is 18.2 Å². The van der Waals surface area contributed by atoms with Crippen LogP contribution in [0.4, 0.5) is 10.1 Å². The zero-order valence-corrected chi connectivity index (χ0v) is 12.0. The van der Waals surface area contributed by atoms with Crippen molar-refractivity contribution in [3.8, 4) is 0 Å². The van der Waals surface area contributed by atoms with Crippen LogP contribution in [0.25, 0.3) is 0 Å². The number of hydrogen-bond donors (Lipinski definition) is 2. The largest absolute Gasteiger partial charge is 0.378 e. The van der Waals surface area contributed by atoms with E-state index < -0.39 is 10.0 Å². The van der Waals surface area contributed by atoms with Gasteiger partial charge in [-0.05, 0) is 48.2 Å². The van der Waals surface area contributed by atoms with Crippen molar-refractivity contribution in [2.75, 3.05) is 5.32 Å². The van der Waals surface area contributed by atoms with Crippen LogP contribution in [0.3, 0.4) is 0 Å². The first-order valence-corrected chi connectivity index (χ1v) is 8.16. The van der Waals surface area contributed by atoms with Gasteiger partial charge in [0.1, 0.15) is 5.82 Å². The number of halogens is 1. The van der Waals surface area contributed by atoms with Crippen LogP contribution in [-0.4, -0.2) is 8.42 Å². The maximum Gasteiger partial charge on any atom is 0.238 e. The summed E-state index contributed by atoms with van der Waals surface area (Å²) in [6, 6.07) is 11.4. The summed E-state index contributed by atoms with van der Waals surface area (Å²) in [5.41, 5.74) is 2.32. The number of primary sulfonamides is 1. The minimum absolute atomic E-state index is 0.0218. The molecule has 0 aromatic heterocycles. The van der Waals surface area contributed by atoms with Crippen LogP contribution in [0.1, 0.15) is 23.6 Å². The molecule has 0 fully saturated rings. The molecule has 0 amide bonds. The predicted molar refractivity (Wildman–Crippen MR) is 78.9 cm³/mol. The molecule has 1 atom stereocenters. The second kappa shape index (κ2) is 5.13. The Balaban J connectivity index is 1.89. The molecule has 0 heterocycles. The summed E-state index contributed by atoms with van der Waals surface area (Å²) in [6.45, 7) is 0. The van der Waals surface area contributed by atoms with Crippen molar-refractivity contribution in [2.45, 2.75) is 23.8 Å². The summed E-state index contributed by atoms with van der Waals surface area (Å²) in [6.07, 6.45) is 1.45. The highest BCUT2D eigenvalue weighted by atomic mass is 32.2. The smallest absolute Gasteiger partial charge is 0.238 e.